The number of aryl methyl sites for hydroxylation is 1. The lowest BCUT2D eigenvalue weighted by atomic mass is 10.3. The Morgan fingerprint density at radius 2 is 2.12 bits per heavy atom. The highest BCUT2D eigenvalue weighted by molar-refractivity contribution is 5.88. The van der Waals surface area contributed by atoms with E-state index >= 15 is 0 Å². The molecule has 0 aliphatic carbocycles. The molecule has 0 amide bonds. The fraction of sp³-hybridized carbons (Fsp3) is 0.273. The number of benzene rings is 1. The van der Waals surface area contributed by atoms with Crippen LogP contribution in [-0.4, -0.2) is 21.8 Å². The molecule has 17 heavy (non-hydrogen) atoms. The molecule has 90 valence electrons. The summed E-state index contributed by atoms with van der Waals surface area (Å²) in [5.74, 6) is 0. The van der Waals surface area contributed by atoms with E-state index in [0.29, 0.717) is 16.7 Å². The normalized spacial score (nSPS) is 10.7. The van der Waals surface area contributed by atoms with Gasteiger partial charge in [-0.2, -0.15) is 4.57 Å². The topological polar surface area (TPSA) is 79.2 Å². The van der Waals surface area contributed by atoms with Crippen LogP contribution in [0.25, 0.3) is 11.0 Å². The zero-order valence-electron chi connectivity index (χ0n) is 9.64. The molecule has 6 nitrogen and oxygen atoms in total. The van der Waals surface area contributed by atoms with Crippen molar-refractivity contribution in [3.8, 4) is 0 Å². The van der Waals surface area contributed by atoms with Crippen LogP contribution in [0.4, 0.5) is 10.5 Å². The second-order valence-electron chi connectivity index (χ2n) is 3.62. The number of nitrogens with zero attached hydrogens (tertiary/aromatic N) is 2. The number of aromatic nitrogens is 2. The van der Waals surface area contributed by atoms with E-state index in [1.54, 1.807) is 32.2 Å². The quantitative estimate of drug-likeness (QED) is 0.745. The largest absolute Gasteiger partial charge is 0.449 e. The molecule has 0 bridgehead atoms. The Hall–Kier alpha value is -2.24. The maximum absolute atomic E-state index is 11.9. The molecule has 1 aromatic heterocycles. The average Bonchev–Trinajstić information content (AvgIpc) is 2.51. The standard InChI is InChI=1S/C11H13N3O3/c1-3-17-11(16)14-9-6-7(12)4-5-8(9)13(2)10(14)15/h4-6H,3,12H2,1-2H3. The van der Waals surface area contributed by atoms with Gasteiger partial charge in [0.05, 0.1) is 17.6 Å². The van der Waals surface area contributed by atoms with Crippen LogP contribution in [0.15, 0.2) is 23.0 Å². The molecule has 1 heterocycles. The summed E-state index contributed by atoms with van der Waals surface area (Å²) in [5, 5.41) is 0. The van der Waals surface area contributed by atoms with Crippen LogP contribution in [0, 0.1) is 0 Å². The fourth-order valence-electron chi connectivity index (χ4n) is 1.72. The second-order valence-corrected chi connectivity index (χ2v) is 3.62. The Balaban J connectivity index is 2.77. The molecule has 0 spiro atoms. The van der Waals surface area contributed by atoms with Gasteiger partial charge in [-0.05, 0) is 25.1 Å². The van der Waals surface area contributed by atoms with E-state index in [1.165, 1.54) is 4.57 Å². The lowest BCUT2D eigenvalue weighted by Crippen LogP contribution is -2.28. The minimum atomic E-state index is -0.686. The molecule has 0 saturated heterocycles. The number of ether oxygens (including phenoxy) is 1. The first-order valence-electron chi connectivity index (χ1n) is 5.20. The first-order chi connectivity index (χ1) is 8.06. The summed E-state index contributed by atoms with van der Waals surface area (Å²) in [6.07, 6.45) is -0.686. The van der Waals surface area contributed by atoms with E-state index in [2.05, 4.69) is 0 Å². The molecular weight excluding hydrogens is 222 g/mol. The number of fused-ring (bicyclic) bond motifs is 1. The van der Waals surface area contributed by atoms with Crippen LogP contribution in [0.1, 0.15) is 6.92 Å². The number of imidazole rings is 1. The summed E-state index contributed by atoms with van der Waals surface area (Å²) in [5.41, 5.74) is 6.79. The Morgan fingerprint density at radius 1 is 1.41 bits per heavy atom. The molecule has 2 rings (SSSR count). The highest BCUT2D eigenvalue weighted by atomic mass is 16.5. The van der Waals surface area contributed by atoms with E-state index in [4.69, 9.17) is 10.5 Å². The maximum Gasteiger partial charge on any atom is 0.422 e. The summed E-state index contributed by atoms with van der Waals surface area (Å²) < 4.78 is 7.20. The Labute approximate surface area is 97.2 Å². The van der Waals surface area contributed by atoms with Gasteiger partial charge in [0.25, 0.3) is 0 Å². The van der Waals surface area contributed by atoms with Crippen LogP contribution in [-0.2, 0) is 11.8 Å². The van der Waals surface area contributed by atoms with Gasteiger partial charge in [-0.25, -0.2) is 9.59 Å². The number of hydrogen-bond donors (Lipinski definition) is 1. The van der Waals surface area contributed by atoms with E-state index in [1.807, 2.05) is 0 Å². The van der Waals surface area contributed by atoms with Gasteiger partial charge in [-0.1, -0.05) is 0 Å². The van der Waals surface area contributed by atoms with Crippen molar-refractivity contribution in [1.82, 2.24) is 9.13 Å². The van der Waals surface area contributed by atoms with Gasteiger partial charge < -0.3 is 10.5 Å². The van der Waals surface area contributed by atoms with Gasteiger partial charge in [-0.3, -0.25) is 4.57 Å². The molecular formula is C11H13N3O3. The maximum atomic E-state index is 11.9. The van der Waals surface area contributed by atoms with E-state index in [0.717, 1.165) is 4.57 Å². The average molecular weight is 235 g/mol. The molecule has 0 fully saturated rings. The molecule has 0 radical (unpaired) electrons. The lowest BCUT2D eigenvalue weighted by molar-refractivity contribution is 0.154. The Kier molecular flexibility index (Phi) is 2.63. The highest BCUT2D eigenvalue weighted by Crippen LogP contribution is 2.16. The van der Waals surface area contributed by atoms with Crippen LogP contribution < -0.4 is 11.4 Å². The van der Waals surface area contributed by atoms with Gasteiger partial charge >= 0.3 is 11.8 Å². The van der Waals surface area contributed by atoms with Gasteiger partial charge in [0.2, 0.25) is 0 Å². The monoisotopic (exact) mass is 235 g/mol. The zero-order chi connectivity index (χ0) is 12.6. The number of nitrogens with two attached hydrogens (primary N) is 1. The predicted molar refractivity (Wildman–Crippen MR) is 64.0 cm³/mol. The molecule has 0 atom stereocenters. The first-order valence-corrected chi connectivity index (χ1v) is 5.20. The number of anilines is 1. The van der Waals surface area contributed by atoms with Crippen molar-refractivity contribution in [2.24, 2.45) is 7.05 Å². The summed E-state index contributed by atoms with van der Waals surface area (Å²) in [6, 6.07) is 4.95. The molecule has 2 N–H and O–H groups in total. The predicted octanol–water partition coefficient (Wildman–Crippen LogP) is 0.927. The third-order valence-corrected chi connectivity index (χ3v) is 2.53. The number of carbonyl (C=O) groups is 1. The number of nitrogen functional groups attached to an aromatic ring is 1. The second kappa shape index (κ2) is 3.97. The van der Waals surface area contributed by atoms with Crippen molar-refractivity contribution in [3.05, 3.63) is 28.7 Å². The first kappa shape index (κ1) is 11.3. The summed E-state index contributed by atoms with van der Waals surface area (Å²) in [6.45, 7) is 1.90. The summed E-state index contributed by atoms with van der Waals surface area (Å²) in [4.78, 5) is 23.6. The molecule has 0 saturated carbocycles. The molecule has 0 aliphatic heterocycles. The number of hydrogen-bond acceptors (Lipinski definition) is 4. The smallest absolute Gasteiger partial charge is 0.422 e. The minimum Gasteiger partial charge on any atom is -0.449 e. The van der Waals surface area contributed by atoms with E-state index in [9.17, 15) is 9.59 Å². The van der Waals surface area contributed by atoms with Crippen molar-refractivity contribution in [1.29, 1.82) is 0 Å². The molecule has 0 aliphatic rings. The van der Waals surface area contributed by atoms with Gasteiger partial charge in [0, 0.05) is 12.7 Å². The lowest BCUT2D eigenvalue weighted by Gasteiger charge is -2.02. The van der Waals surface area contributed by atoms with Crippen LogP contribution >= 0.6 is 0 Å². The van der Waals surface area contributed by atoms with Gasteiger partial charge in [-0.15, -0.1) is 0 Å². The van der Waals surface area contributed by atoms with Crippen molar-refractivity contribution in [2.45, 2.75) is 6.92 Å². The minimum absolute atomic E-state index is 0.212. The number of carbonyl (C=O) groups excluding carboxylic acids is 1. The Morgan fingerprint density at radius 3 is 2.76 bits per heavy atom. The SMILES string of the molecule is CCOC(=O)n1c(=O)n(C)c2ccc(N)cc21. The van der Waals surface area contributed by atoms with Crippen molar-refractivity contribution in [3.63, 3.8) is 0 Å². The third kappa shape index (κ3) is 1.67. The van der Waals surface area contributed by atoms with Crippen LogP contribution in [0.2, 0.25) is 0 Å². The van der Waals surface area contributed by atoms with Crippen molar-refractivity contribution in [2.75, 3.05) is 12.3 Å². The van der Waals surface area contributed by atoms with Gasteiger partial charge in [0.1, 0.15) is 0 Å². The summed E-state index contributed by atoms with van der Waals surface area (Å²) in [7, 11) is 1.59. The third-order valence-electron chi connectivity index (χ3n) is 2.53. The fourth-order valence-corrected chi connectivity index (χ4v) is 1.72. The van der Waals surface area contributed by atoms with Crippen LogP contribution in [0.3, 0.4) is 0 Å². The van der Waals surface area contributed by atoms with Crippen molar-refractivity contribution < 1.29 is 9.53 Å². The van der Waals surface area contributed by atoms with E-state index in [-0.39, 0.29) is 6.61 Å². The van der Waals surface area contributed by atoms with Crippen molar-refractivity contribution >= 4 is 22.8 Å². The number of rotatable bonds is 1. The van der Waals surface area contributed by atoms with Crippen LogP contribution in [0.5, 0.6) is 0 Å². The summed E-state index contributed by atoms with van der Waals surface area (Å²) >= 11 is 0. The van der Waals surface area contributed by atoms with Gasteiger partial charge in [0.15, 0.2) is 0 Å². The zero-order valence-corrected chi connectivity index (χ0v) is 9.64. The highest BCUT2D eigenvalue weighted by Gasteiger charge is 2.17. The Bertz CT molecular complexity index is 639. The van der Waals surface area contributed by atoms with E-state index < -0.39 is 11.8 Å². The molecule has 1 aromatic carbocycles. The molecule has 6 heteroatoms. The molecule has 0 unspecified atom stereocenters. The molecule has 2 aromatic rings.